The van der Waals surface area contributed by atoms with Crippen molar-refractivity contribution >= 4 is 13.5 Å². The van der Waals surface area contributed by atoms with Gasteiger partial charge in [-0.3, -0.25) is 9.36 Å². The standard InChI is InChI=1S/C13H26NO9P/c1-14-9(15)4-2-3-6-22-13-12(18)11(17)10(16)8(23-13)5-7-24(19,20)21/h8,10-13,16-18H,2-7H2,1H3,(H,14,15)(H2,19,20,21). The van der Waals surface area contributed by atoms with Gasteiger partial charge in [0.1, 0.15) is 18.3 Å². The molecule has 1 heterocycles. The SMILES string of the molecule is CNC(=O)CCCCOC1OC(CCP(=O)(O)O)C(O)C(O)C1O. The highest BCUT2D eigenvalue weighted by molar-refractivity contribution is 7.51. The van der Waals surface area contributed by atoms with Gasteiger partial charge in [-0.1, -0.05) is 0 Å². The van der Waals surface area contributed by atoms with E-state index in [1.54, 1.807) is 0 Å². The van der Waals surface area contributed by atoms with Crippen LogP contribution in [0.2, 0.25) is 0 Å². The zero-order valence-corrected chi connectivity index (χ0v) is 14.3. The first kappa shape index (κ1) is 21.5. The first-order valence-electron chi connectivity index (χ1n) is 7.72. The number of ether oxygens (including phenoxy) is 2. The van der Waals surface area contributed by atoms with E-state index in [1.165, 1.54) is 7.05 Å². The summed E-state index contributed by atoms with van der Waals surface area (Å²) in [6, 6.07) is 0. The lowest BCUT2D eigenvalue weighted by Gasteiger charge is -2.40. The average Bonchev–Trinajstić information content (AvgIpc) is 2.52. The van der Waals surface area contributed by atoms with Crippen molar-refractivity contribution in [1.29, 1.82) is 0 Å². The maximum absolute atomic E-state index is 11.1. The van der Waals surface area contributed by atoms with Crippen molar-refractivity contribution in [3.63, 3.8) is 0 Å². The molecule has 10 nitrogen and oxygen atoms in total. The molecule has 0 spiro atoms. The van der Waals surface area contributed by atoms with Crippen molar-refractivity contribution in [2.75, 3.05) is 19.8 Å². The van der Waals surface area contributed by atoms with Gasteiger partial charge in [0.2, 0.25) is 5.91 Å². The fourth-order valence-electron chi connectivity index (χ4n) is 2.30. The summed E-state index contributed by atoms with van der Waals surface area (Å²) in [5, 5.41) is 32.0. The summed E-state index contributed by atoms with van der Waals surface area (Å²) in [5.41, 5.74) is 0. The van der Waals surface area contributed by atoms with E-state index >= 15 is 0 Å². The van der Waals surface area contributed by atoms with Gasteiger partial charge in [0, 0.05) is 20.1 Å². The predicted molar refractivity (Wildman–Crippen MR) is 82.1 cm³/mol. The number of aliphatic hydroxyl groups excluding tert-OH is 3. The smallest absolute Gasteiger partial charge is 0.325 e. The molecule has 1 fully saturated rings. The van der Waals surface area contributed by atoms with Gasteiger partial charge in [-0.2, -0.15) is 0 Å². The maximum atomic E-state index is 11.1. The van der Waals surface area contributed by atoms with Crippen LogP contribution in [-0.2, 0) is 18.8 Å². The minimum atomic E-state index is -4.27. The molecule has 1 aliphatic rings. The first-order chi connectivity index (χ1) is 11.2. The van der Waals surface area contributed by atoms with Crippen LogP contribution in [0.4, 0.5) is 0 Å². The quantitative estimate of drug-likeness (QED) is 0.204. The molecular weight excluding hydrogens is 345 g/mol. The molecule has 1 rings (SSSR count). The highest BCUT2D eigenvalue weighted by atomic mass is 31.2. The van der Waals surface area contributed by atoms with Crippen LogP contribution in [0.3, 0.4) is 0 Å². The molecule has 24 heavy (non-hydrogen) atoms. The van der Waals surface area contributed by atoms with Crippen molar-refractivity contribution in [1.82, 2.24) is 5.32 Å². The second-order valence-corrected chi connectivity index (χ2v) is 7.47. The van der Waals surface area contributed by atoms with Crippen molar-refractivity contribution in [3.05, 3.63) is 0 Å². The third-order valence-electron chi connectivity index (χ3n) is 3.73. The second kappa shape index (κ2) is 9.79. The zero-order valence-electron chi connectivity index (χ0n) is 13.4. The van der Waals surface area contributed by atoms with Gasteiger partial charge in [0.15, 0.2) is 6.29 Å². The molecule has 6 N–H and O–H groups in total. The van der Waals surface area contributed by atoms with Gasteiger partial charge >= 0.3 is 7.60 Å². The molecule has 5 atom stereocenters. The molecule has 0 bridgehead atoms. The lowest BCUT2D eigenvalue weighted by Crippen LogP contribution is -2.58. The number of rotatable bonds is 9. The van der Waals surface area contributed by atoms with Crippen LogP contribution in [0.1, 0.15) is 25.7 Å². The van der Waals surface area contributed by atoms with Crippen LogP contribution in [0.25, 0.3) is 0 Å². The van der Waals surface area contributed by atoms with Crippen LogP contribution in [0.15, 0.2) is 0 Å². The van der Waals surface area contributed by atoms with Gasteiger partial charge in [-0.05, 0) is 19.3 Å². The Hall–Kier alpha value is -0.580. The maximum Gasteiger partial charge on any atom is 0.325 e. The minimum Gasteiger partial charge on any atom is -0.388 e. The van der Waals surface area contributed by atoms with Crippen LogP contribution in [0.5, 0.6) is 0 Å². The Bertz CT molecular complexity index is 443. The lowest BCUT2D eigenvalue weighted by atomic mass is 9.97. The monoisotopic (exact) mass is 371 g/mol. The number of carbonyl (C=O) groups is 1. The number of unbranched alkanes of at least 4 members (excludes halogenated alkanes) is 1. The fraction of sp³-hybridized carbons (Fsp3) is 0.923. The molecule has 0 aromatic rings. The molecule has 0 aliphatic carbocycles. The fourth-order valence-corrected chi connectivity index (χ4v) is 2.89. The average molecular weight is 371 g/mol. The normalized spacial score (nSPS) is 31.0. The predicted octanol–water partition coefficient (Wildman–Crippen LogP) is -1.71. The number of carbonyl (C=O) groups excluding carboxylic acids is 1. The van der Waals surface area contributed by atoms with Gasteiger partial charge in [0.25, 0.3) is 0 Å². The Morgan fingerprint density at radius 2 is 1.83 bits per heavy atom. The van der Waals surface area contributed by atoms with E-state index in [-0.39, 0.29) is 18.9 Å². The molecule has 1 saturated heterocycles. The van der Waals surface area contributed by atoms with Crippen LogP contribution in [-0.4, -0.2) is 81.5 Å². The van der Waals surface area contributed by atoms with E-state index in [1.807, 2.05) is 0 Å². The third-order valence-corrected chi connectivity index (χ3v) is 4.57. The summed E-state index contributed by atoms with van der Waals surface area (Å²) in [4.78, 5) is 28.8. The molecular formula is C13H26NO9P. The topological polar surface area (TPSA) is 166 Å². The Morgan fingerprint density at radius 3 is 2.42 bits per heavy atom. The Kier molecular flexibility index (Phi) is 8.75. The minimum absolute atomic E-state index is 0.0972. The summed E-state index contributed by atoms with van der Waals surface area (Å²) < 4.78 is 21.6. The van der Waals surface area contributed by atoms with Crippen molar-refractivity contribution < 1.29 is 43.9 Å². The van der Waals surface area contributed by atoms with Crippen LogP contribution < -0.4 is 5.32 Å². The molecule has 1 aliphatic heterocycles. The molecule has 1 amide bonds. The Balaban J connectivity index is 2.44. The molecule has 0 saturated carbocycles. The highest BCUT2D eigenvalue weighted by Gasteiger charge is 2.44. The van der Waals surface area contributed by atoms with E-state index in [2.05, 4.69) is 5.32 Å². The van der Waals surface area contributed by atoms with E-state index in [0.717, 1.165) is 0 Å². The number of hydrogen-bond donors (Lipinski definition) is 6. The van der Waals surface area contributed by atoms with Crippen molar-refractivity contribution in [2.45, 2.75) is 56.4 Å². The van der Waals surface area contributed by atoms with E-state index in [4.69, 9.17) is 19.3 Å². The van der Waals surface area contributed by atoms with Crippen molar-refractivity contribution in [3.8, 4) is 0 Å². The Morgan fingerprint density at radius 1 is 1.17 bits per heavy atom. The summed E-state index contributed by atoms with van der Waals surface area (Å²) in [5.74, 6) is -0.0972. The molecule has 5 unspecified atom stereocenters. The molecule has 0 aromatic heterocycles. The summed E-state index contributed by atoms with van der Waals surface area (Å²) >= 11 is 0. The summed E-state index contributed by atoms with van der Waals surface area (Å²) in [6.45, 7) is 0.159. The first-order valence-corrected chi connectivity index (χ1v) is 9.52. The third kappa shape index (κ3) is 7.12. The lowest BCUT2D eigenvalue weighted by molar-refractivity contribution is -0.297. The van der Waals surface area contributed by atoms with Crippen LogP contribution >= 0.6 is 7.60 Å². The highest BCUT2D eigenvalue weighted by Crippen LogP contribution is 2.37. The number of hydrogen-bond acceptors (Lipinski definition) is 7. The summed E-state index contributed by atoms with van der Waals surface area (Å²) in [6.07, 6.45) is -6.07. The summed E-state index contributed by atoms with van der Waals surface area (Å²) in [7, 11) is -2.73. The molecule has 0 radical (unpaired) electrons. The van der Waals surface area contributed by atoms with Gasteiger partial charge in [0.05, 0.1) is 12.3 Å². The van der Waals surface area contributed by atoms with Crippen LogP contribution in [0, 0.1) is 0 Å². The Labute approximate surface area is 139 Å². The second-order valence-electron chi connectivity index (χ2n) is 5.69. The van der Waals surface area contributed by atoms with Gasteiger partial charge in [-0.25, -0.2) is 0 Å². The largest absolute Gasteiger partial charge is 0.388 e. The molecule has 0 aromatic carbocycles. The number of amides is 1. The zero-order chi connectivity index (χ0) is 18.3. The molecule has 11 heteroatoms. The van der Waals surface area contributed by atoms with E-state index < -0.39 is 44.5 Å². The van der Waals surface area contributed by atoms with E-state index in [9.17, 15) is 24.7 Å². The van der Waals surface area contributed by atoms with Crippen molar-refractivity contribution in [2.24, 2.45) is 0 Å². The number of nitrogens with one attached hydrogen (secondary N) is 1. The van der Waals surface area contributed by atoms with E-state index in [0.29, 0.717) is 19.3 Å². The van der Waals surface area contributed by atoms with Gasteiger partial charge in [-0.15, -0.1) is 0 Å². The van der Waals surface area contributed by atoms with Gasteiger partial charge < -0.3 is 39.9 Å². The number of aliphatic hydroxyl groups is 3. The molecule has 142 valence electrons.